The van der Waals surface area contributed by atoms with Crippen molar-refractivity contribution in [2.45, 2.75) is 19.4 Å². The van der Waals surface area contributed by atoms with E-state index in [0.29, 0.717) is 11.7 Å². The fourth-order valence-corrected chi connectivity index (χ4v) is 4.38. The first kappa shape index (κ1) is 19.1. The number of hydrogen-bond acceptors (Lipinski definition) is 3. The third-order valence-electron chi connectivity index (χ3n) is 5.83. The molecule has 0 radical (unpaired) electrons. The van der Waals surface area contributed by atoms with Crippen LogP contribution in [0.15, 0.2) is 54.6 Å². The minimum Gasteiger partial charge on any atom is -0.354 e. The first-order valence-electron chi connectivity index (χ1n) is 10.3. The summed E-state index contributed by atoms with van der Waals surface area (Å²) >= 11 is 6.47. The van der Waals surface area contributed by atoms with Gasteiger partial charge in [0.25, 0.3) is 0 Å². The second-order valence-corrected chi connectivity index (χ2v) is 8.22. The van der Waals surface area contributed by atoms with Gasteiger partial charge in [-0.3, -0.25) is 4.79 Å². The Morgan fingerprint density at radius 2 is 1.90 bits per heavy atom. The summed E-state index contributed by atoms with van der Waals surface area (Å²) in [6.45, 7) is 2.38. The minimum atomic E-state index is 0.122. The molecule has 0 unspecified atom stereocenters. The number of H-pyrrole nitrogens is 1. The monoisotopic (exact) mass is 418 g/mol. The summed E-state index contributed by atoms with van der Waals surface area (Å²) < 4.78 is 0. The van der Waals surface area contributed by atoms with Crippen LogP contribution < -0.4 is 10.6 Å². The number of rotatable bonds is 4. The number of fused-ring (bicyclic) bond motifs is 2. The average Bonchev–Trinajstić information content (AvgIpc) is 3.20. The second-order valence-electron chi connectivity index (χ2n) is 7.87. The number of aromatic nitrogens is 2. The molecule has 6 heteroatoms. The third kappa shape index (κ3) is 3.78. The SMILES string of the molecule is O=C(NCc1ccc2[nH]c(-c3cc4ccccc4nc3Cl)cc2c1)C1CCNCC1. The number of pyridine rings is 1. The number of amides is 1. The number of hydrogen-bond donors (Lipinski definition) is 3. The Bertz CT molecular complexity index is 1230. The van der Waals surface area contributed by atoms with E-state index >= 15 is 0 Å². The molecule has 0 atom stereocenters. The number of nitrogens with one attached hydrogen (secondary N) is 3. The summed E-state index contributed by atoms with van der Waals surface area (Å²) in [4.78, 5) is 20.4. The Morgan fingerprint density at radius 1 is 1.07 bits per heavy atom. The molecule has 1 fully saturated rings. The van der Waals surface area contributed by atoms with Crippen LogP contribution in [0.2, 0.25) is 5.15 Å². The molecule has 2 aromatic carbocycles. The van der Waals surface area contributed by atoms with Gasteiger partial charge < -0.3 is 15.6 Å². The zero-order valence-electron chi connectivity index (χ0n) is 16.5. The standard InChI is InChI=1S/C24H23ClN4O/c25-23-19(12-17-3-1-2-4-20(17)29-23)22-13-18-11-15(5-6-21(18)28-22)14-27-24(30)16-7-9-26-10-8-16/h1-6,11-13,16,26,28H,7-10,14H2,(H,27,30). The van der Waals surface area contributed by atoms with Crippen molar-refractivity contribution in [2.75, 3.05) is 13.1 Å². The van der Waals surface area contributed by atoms with Crippen LogP contribution in [0.5, 0.6) is 0 Å². The minimum absolute atomic E-state index is 0.122. The van der Waals surface area contributed by atoms with E-state index in [9.17, 15) is 4.79 Å². The Kier molecular flexibility index (Phi) is 5.15. The van der Waals surface area contributed by atoms with E-state index < -0.39 is 0 Å². The number of benzene rings is 2. The van der Waals surface area contributed by atoms with Gasteiger partial charge in [0.1, 0.15) is 5.15 Å². The first-order chi connectivity index (χ1) is 14.7. The molecule has 30 heavy (non-hydrogen) atoms. The summed E-state index contributed by atoms with van der Waals surface area (Å²) in [6, 6.07) is 18.3. The van der Waals surface area contributed by atoms with E-state index in [1.165, 1.54) is 0 Å². The van der Waals surface area contributed by atoms with Crippen LogP contribution in [0.25, 0.3) is 33.1 Å². The molecule has 0 aliphatic carbocycles. The topological polar surface area (TPSA) is 69.8 Å². The van der Waals surface area contributed by atoms with Gasteiger partial charge in [-0.2, -0.15) is 0 Å². The van der Waals surface area contributed by atoms with Crippen LogP contribution in [0.3, 0.4) is 0 Å². The predicted octanol–water partition coefficient (Wildman–Crippen LogP) is 4.65. The molecule has 1 aliphatic rings. The first-order valence-corrected chi connectivity index (χ1v) is 10.7. The number of halogens is 1. The van der Waals surface area contributed by atoms with Crippen LogP contribution in [-0.2, 0) is 11.3 Å². The lowest BCUT2D eigenvalue weighted by atomic mass is 9.97. The van der Waals surface area contributed by atoms with Gasteiger partial charge >= 0.3 is 0 Å². The van der Waals surface area contributed by atoms with Crippen molar-refractivity contribution in [1.82, 2.24) is 20.6 Å². The largest absolute Gasteiger partial charge is 0.354 e. The molecular formula is C24H23ClN4O. The highest BCUT2D eigenvalue weighted by molar-refractivity contribution is 6.32. The van der Waals surface area contributed by atoms with Gasteiger partial charge in [-0.25, -0.2) is 4.98 Å². The maximum absolute atomic E-state index is 12.4. The van der Waals surface area contributed by atoms with E-state index in [-0.39, 0.29) is 11.8 Å². The highest BCUT2D eigenvalue weighted by Gasteiger charge is 2.20. The maximum atomic E-state index is 12.4. The van der Waals surface area contributed by atoms with Crippen molar-refractivity contribution in [3.05, 3.63) is 65.3 Å². The second kappa shape index (κ2) is 8.09. The van der Waals surface area contributed by atoms with Gasteiger partial charge in [-0.15, -0.1) is 0 Å². The highest BCUT2D eigenvalue weighted by Crippen LogP contribution is 2.31. The summed E-state index contributed by atoms with van der Waals surface area (Å²) in [6.07, 6.45) is 1.82. The number of piperidine rings is 1. The lowest BCUT2D eigenvalue weighted by molar-refractivity contribution is -0.125. The molecule has 2 aromatic heterocycles. The molecule has 0 spiro atoms. The third-order valence-corrected chi connectivity index (χ3v) is 6.12. The number of nitrogens with zero attached hydrogens (tertiary/aromatic N) is 1. The smallest absolute Gasteiger partial charge is 0.223 e. The molecule has 1 aliphatic heterocycles. The fourth-order valence-electron chi connectivity index (χ4n) is 4.14. The molecule has 0 bridgehead atoms. The molecule has 3 N–H and O–H groups in total. The van der Waals surface area contributed by atoms with Gasteiger partial charge in [0.2, 0.25) is 5.91 Å². The molecular weight excluding hydrogens is 396 g/mol. The van der Waals surface area contributed by atoms with Crippen LogP contribution in [-0.4, -0.2) is 29.0 Å². The highest BCUT2D eigenvalue weighted by atomic mass is 35.5. The van der Waals surface area contributed by atoms with Crippen molar-refractivity contribution in [1.29, 1.82) is 0 Å². The molecule has 152 valence electrons. The quantitative estimate of drug-likeness (QED) is 0.422. The maximum Gasteiger partial charge on any atom is 0.223 e. The van der Waals surface area contributed by atoms with Gasteiger partial charge in [-0.05, 0) is 61.8 Å². The van der Waals surface area contributed by atoms with E-state index in [0.717, 1.165) is 64.6 Å². The van der Waals surface area contributed by atoms with E-state index in [2.05, 4.69) is 38.8 Å². The molecule has 1 saturated heterocycles. The Hall–Kier alpha value is -2.89. The number of carbonyl (C=O) groups is 1. The Morgan fingerprint density at radius 3 is 2.77 bits per heavy atom. The normalized spacial score (nSPS) is 15.0. The van der Waals surface area contributed by atoms with Crippen molar-refractivity contribution in [3.63, 3.8) is 0 Å². The zero-order chi connectivity index (χ0) is 20.5. The van der Waals surface area contributed by atoms with Crippen LogP contribution in [0.1, 0.15) is 18.4 Å². The van der Waals surface area contributed by atoms with Crippen molar-refractivity contribution in [3.8, 4) is 11.3 Å². The van der Waals surface area contributed by atoms with Crippen LogP contribution in [0.4, 0.5) is 0 Å². The van der Waals surface area contributed by atoms with Crippen LogP contribution >= 0.6 is 11.6 Å². The number of para-hydroxylation sites is 1. The summed E-state index contributed by atoms with van der Waals surface area (Å²) in [5, 5.41) is 9.01. The zero-order valence-corrected chi connectivity index (χ0v) is 17.3. The average molecular weight is 419 g/mol. The Labute approximate surface area is 179 Å². The summed E-state index contributed by atoms with van der Waals surface area (Å²) in [7, 11) is 0. The predicted molar refractivity (Wildman–Crippen MR) is 121 cm³/mol. The van der Waals surface area contributed by atoms with Crippen molar-refractivity contribution < 1.29 is 4.79 Å². The van der Waals surface area contributed by atoms with E-state index in [1.807, 2.05) is 36.4 Å². The molecule has 3 heterocycles. The molecule has 5 rings (SSSR count). The Balaban J connectivity index is 1.38. The van der Waals surface area contributed by atoms with Crippen molar-refractivity contribution >= 4 is 39.3 Å². The fraction of sp³-hybridized carbons (Fsp3) is 0.250. The van der Waals surface area contributed by atoms with Gasteiger partial charge in [0, 0.05) is 40.0 Å². The lowest BCUT2D eigenvalue weighted by Gasteiger charge is -2.21. The molecule has 5 nitrogen and oxygen atoms in total. The number of carbonyl (C=O) groups excluding carboxylic acids is 1. The molecule has 0 saturated carbocycles. The van der Waals surface area contributed by atoms with Gasteiger partial charge in [0.15, 0.2) is 0 Å². The van der Waals surface area contributed by atoms with Crippen molar-refractivity contribution in [2.24, 2.45) is 5.92 Å². The summed E-state index contributed by atoms with van der Waals surface area (Å²) in [5.41, 5.74) is 4.81. The van der Waals surface area contributed by atoms with E-state index in [4.69, 9.17) is 11.6 Å². The summed E-state index contributed by atoms with van der Waals surface area (Å²) in [5.74, 6) is 0.275. The molecule has 4 aromatic rings. The number of aromatic amines is 1. The van der Waals surface area contributed by atoms with Gasteiger partial charge in [-0.1, -0.05) is 35.9 Å². The molecule has 1 amide bonds. The lowest BCUT2D eigenvalue weighted by Crippen LogP contribution is -2.37. The van der Waals surface area contributed by atoms with Gasteiger partial charge in [0.05, 0.1) is 5.52 Å². The van der Waals surface area contributed by atoms with E-state index in [1.54, 1.807) is 0 Å². The van der Waals surface area contributed by atoms with Crippen LogP contribution in [0, 0.1) is 5.92 Å².